The van der Waals surface area contributed by atoms with E-state index in [4.69, 9.17) is 0 Å². The minimum atomic E-state index is 1.26. The normalized spacial score (nSPS) is 11.9. The zero-order chi connectivity index (χ0) is 30.2. The molecule has 0 aliphatic rings. The Balaban J connectivity index is 0.981. The summed E-state index contributed by atoms with van der Waals surface area (Å²) in [5.41, 5.74) is 7.61. The summed E-state index contributed by atoms with van der Waals surface area (Å²) in [6.07, 6.45) is 0. The van der Waals surface area contributed by atoms with Gasteiger partial charge < -0.3 is 0 Å². The van der Waals surface area contributed by atoms with Crippen LogP contribution in [-0.4, -0.2) is 0 Å². The smallest absolute Gasteiger partial charge is 0.0542 e. The molecule has 6 aromatic carbocycles. The first-order chi connectivity index (χ1) is 22.7. The molecule has 0 fully saturated rings. The second-order valence-electron chi connectivity index (χ2n) is 11.7. The van der Waals surface area contributed by atoms with Crippen molar-refractivity contribution in [2.75, 3.05) is 0 Å². The minimum Gasteiger partial charge on any atom is -0.135 e. The number of hydrogen-bond acceptors (Lipinski definition) is 4. The molecule has 0 spiro atoms. The van der Waals surface area contributed by atoms with Gasteiger partial charge >= 0.3 is 0 Å². The Morgan fingerprint density at radius 1 is 0.283 bits per heavy atom. The predicted molar refractivity (Wildman–Crippen MR) is 207 cm³/mol. The molecule has 10 aromatic rings. The van der Waals surface area contributed by atoms with E-state index in [1.54, 1.807) is 0 Å². The molecule has 216 valence electrons. The Morgan fingerprint density at radius 2 is 0.674 bits per heavy atom. The molecule has 46 heavy (non-hydrogen) atoms. The van der Waals surface area contributed by atoms with Crippen LogP contribution in [-0.2, 0) is 0 Å². The molecule has 0 N–H and O–H groups in total. The fourth-order valence-corrected chi connectivity index (χ4v) is 11.3. The van der Waals surface area contributed by atoms with E-state index in [9.17, 15) is 0 Å². The Hall–Kier alpha value is -4.58. The summed E-state index contributed by atoms with van der Waals surface area (Å²) in [4.78, 5) is 2.64. The largest absolute Gasteiger partial charge is 0.135 e. The third kappa shape index (κ3) is 4.37. The molecule has 4 heterocycles. The maximum atomic E-state index is 2.39. The predicted octanol–water partition coefficient (Wildman–Crippen LogP) is 14.4. The number of fused-ring (bicyclic) bond motifs is 7. The highest BCUT2D eigenvalue weighted by atomic mass is 32.1. The van der Waals surface area contributed by atoms with Crippen LogP contribution in [0.15, 0.2) is 146 Å². The van der Waals surface area contributed by atoms with Crippen LogP contribution in [0.3, 0.4) is 0 Å². The molecule has 0 bridgehead atoms. The van der Waals surface area contributed by atoms with Gasteiger partial charge in [-0.15, -0.1) is 45.3 Å². The topological polar surface area (TPSA) is 0 Å². The van der Waals surface area contributed by atoms with Crippen LogP contribution in [0.5, 0.6) is 0 Å². The zero-order valence-electron chi connectivity index (χ0n) is 24.5. The highest BCUT2D eigenvalue weighted by Crippen LogP contribution is 2.46. The van der Waals surface area contributed by atoms with E-state index in [1.165, 1.54) is 92.9 Å². The lowest BCUT2D eigenvalue weighted by molar-refractivity contribution is 1.65. The molecule has 0 unspecified atom stereocenters. The lowest BCUT2D eigenvalue weighted by Gasteiger charge is -2.04. The Morgan fingerprint density at radius 3 is 1.11 bits per heavy atom. The third-order valence-corrected chi connectivity index (χ3v) is 13.8. The molecule has 0 saturated heterocycles. The minimum absolute atomic E-state index is 1.26. The van der Waals surface area contributed by atoms with E-state index in [1.807, 2.05) is 45.3 Å². The lowest BCUT2D eigenvalue weighted by Crippen LogP contribution is -1.78. The van der Waals surface area contributed by atoms with Crippen LogP contribution in [0.2, 0.25) is 0 Å². The highest BCUT2D eigenvalue weighted by molar-refractivity contribution is 7.36. The van der Waals surface area contributed by atoms with Crippen molar-refractivity contribution in [2.24, 2.45) is 0 Å². The fraction of sp³-hybridized carbons (Fsp3) is 0. The Kier molecular flexibility index (Phi) is 6.06. The van der Waals surface area contributed by atoms with Gasteiger partial charge in [0, 0.05) is 39.3 Å². The van der Waals surface area contributed by atoms with Gasteiger partial charge in [0.1, 0.15) is 0 Å². The van der Waals surface area contributed by atoms with Crippen molar-refractivity contribution < 1.29 is 0 Å². The van der Waals surface area contributed by atoms with Crippen molar-refractivity contribution in [2.45, 2.75) is 0 Å². The second-order valence-corrected chi connectivity index (χ2v) is 16.0. The molecule has 0 radical (unpaired) electrons. The van der Waals surface area contributed by atoms with E-state index in [2.05, 4.69) is 146 Å². The molecular weight excluding hydrogens is 633 g/mol. The molecule has 4 aromatic heterocycles. The average Bonchev–Trinajstić information content (AvgIpc) is 3.89. The van der Waals surface area contributed by atoms with E-state index in [0.29, 0.717) is 0 Å². The number of thiophene rings is 4. The van der Waals surface area contributed by atoms with Gasteiger partial charge in [0.15, 0.2) is 0 Å². The monoisotopic (exact) mass is 656 g/mol. The van der Waals surface area contributed by atoms with Gasteiger partial charge in [-0.25, -0.2) is 0 Å². The summed E-state index contributed by atoms with van der Waals surface area (Å²) >= 11 is 7.57. The number of benzene rings is 6. The molecule has 0 atom stereocenters. The Labute approximate surface area is 282 Å². The van der Waals surface area contributed by atoms with Gasteiger partial charge in [-0.3, -0.25) is 0 Å². The summed E-state index contributed by atoms with van der Waals surface area (Å²) in [6, 6.07) is 54.0. The lowest BCUT2D eigenvalue weighted by atomic mass is 10.0. The summed E-state index contributed by atoms with van der Waals surface area (Å²) < 4.78 is 8.18. The zero-order valence-corrected chi connectivity index (χ0v) is 27.8. The van der Waals surface area contributed by atoms with Gasteiger partial charge in [-0.1, -0.05) is 97.1 Å². The summed E-state index contributed by atoms with van der Waals surface area (Å²) in [5.74, 6) is 0. The third-order valence-electron chi connectivity index (χ3n) is 8.94. The molecule has 0 amide bonds. The van der Waals surface area contributed by atoms with E-state index >= 15 is 0 Å². The standard InChI is InChI=1S/C42H24S4/c1-3-7-35-31(5-1)23-39(43-35)27-13-9-25(10-14-27)29-17-19-37-33(21-29)41-42(45-37)34-22-30(18-20-38(34)46-41)26-11-15-28(16-12-26)40-24-32-6-2-4-8-36(32)44-40/h1-24H. The summed E-state index contributed by atoms with van der Waals surface area (Å²) in [6.45, 7) is 0. The van der Waals surface area contributed by atoms with Crippen molar-refractivity contribution in [3.8, 4) is 43.1 Å². The van der Waals surface area contributed by atoms with Crippen LogP contribution in [0.1, 0.15) is 0 Å². The van der Waals surface area contributed by atoms with Gasteiger partial charge in [0.2, 0.25) is 0 Å². The van der Waals surface area contributed by atoms with Crippen LogP contribution in [0, 0.1) is 0 Å². The van der Waals surface area contributed by atoms with Crippen molar-refractivity contribution in [3.63, 3.8) is 0 Å². The fourth-order valence-electron chi connectivity index (χ4n) is 6.52. The molecule has 0 saturated carbocycles. The van der Waals surface area contributed by atoms with E-state index in [0.717, 1.165) is 0 Å². The second kappa shape index (κ2) is 10.5. The molecular formula is C42H24S4. The maximum Gasteiger partial charge on any atom is 0.0542 e. The first-order valence-corrected chi connectivity index (χ1v) is 18.6. The number of rotatable bonds is 4. The first-order valence-electron chi connectivity index (χ1n) is 15.3. The quantitative estimate of drug-likeness (QED) is 0.177. The molecule has 0 nitrogen and oxygen atoms in total. The van der Waals surface area contributed by atoms with Gasteiger partial charge in [-0.05, 0) is 92.7 Å². The first kappa shape index (κ1) is 26.6. The van der Waals surface area contributed by atoms with E-state index < -0.39 is 0 Å². The van der Waals surface area contributed by atoms with Crippen LogP contribution in [0.4, 0.5) is 0 Å². The van der Waals surface area contributed by atoms with E-state index in [-0.39, 0.29) is 0 Å². The average molecular weight is 657 g/mol. The molecule has 4 heteroatoms. The Bertz CT molecular complexity index is 2470. The maximum absolute atomic E-state index is 2.39. The van der Waals surface area contributed by atoms with Crippen molar-refractivity contribution >= 4 is 95.1 Å². The van der Waals surface area contributed by atoms with Gasteiger partial charge in [0.05, 0.1) is 9.40 Å². The molecule has 0 aliphatic carbocycles. The van der Waals surface area contributed by atoms with Crippen molar-refractivity contribution in [3.05, 3.63) is 146 Å². The van der Waals surface area contributed by atoms with Crippen LogP contribution < -0.4 is 0 Å². The van der Waals surface area contributed by atoms with Crippen LogP contribution in [0.25, 0.3) is 92.9 Å². The SMILES string of the molecule is c1ccc2sc(-c3ccc(-c4ccc5sc6c7cc(-c8ccc(-c9cc%10ccccc%10s9)cc8)ccc7sc6c5c4)cc3)cc2c1. The summed E-state index contributed by atoms with van der Waals surface area (Å²) in [7, 11) is 0. The van der Waals surface area contributed by atoms with Gasteiger partial charge in [0.25, 0.3) is 0 Å². The molecule has 0 aliphatic heterocycles. The van der Waals surface area contributed by atoms with Crippen LogP contribution >= 0.6 is 45.3 Å². The van der Waals surface area contributed by atoms with Crippen molar-refractivity contribution in [1.82, 2.24) is 0 Å². The highest BCUT2D eigenvalue weighted by Gasteiger charge is 2.15. The molecule has 10 rings (SSSR count). The van der Waals surface area contributed by atoms with Crippen molar-refractivity contribution in [1.29, 1.82) is 0 Å². The van der Waals surface area contributed by atoms with Gasteiger partial charge in [-0.2, -0.15) is 0 Å². The number of hydrogen-bond donors (Lipinski definition) is 0. The summed E-state index contributed by atoms with van der Waals surface area (Å²) in [5, 5.41) is 5.35.